The van der Waals surface area contributed by atoms with Gasteiger partial charge in [-0.05, 0) is 109 Å². The van der Waals surface area contributed by atoms with Crippen LogP contribution in [0.1, 0.15) is 72.2 Å². The molecule has 0 fully saturated rings. The largest absolute Gasteiger partial charge is 0.318 e. The summed E-state index contributed by atoms with van der Waals surface area (Å²) in [5, 5.41) is 0. The zero-order valence-electron chi connectivity index (χ0n) is 33.0. The monoisotopic (exact) mass is 744 g/mol. The van der Waals surface area contributed by atoms with E-state index in [0.29, 0.717) is 24.0 Å². The van der Waals surface area contributed by atoms with Crippen molar-refractivity contribution in [3.63, 3.8) is 0 Å². The smallest absolute Gasteiger partial charge is 0.253 e. The molecule has 0 spiro atoms. The lowest BCUT2D eigenvalue weighted by Crippen LogP contribution is -2.37. The molecule has 8 nitrogen and oxygen atoms in total. The predicted octanol–water partition coefficient (Wildman–Crippen LogP) is 8.80. The molecule has 2 amide bonds. The molecule has 56 heavy (non-hydrogen) atoms. The third-order valence-electron chi connectivity index (χ3n) is 11.2. The number of hydrogen-bond acceptors (Lipinski definition) is 4. The molecule has 0 saturated heterocycles. The molecular formula is C48H48N4O4. The molecular weight excluding hydrogens is 697 g/mol. The Morgan fingerprint density at radius 1 is 0.464 bits per heavy atom. The average Bonchev–Trinajstić information content (AvgIpc) is 3.21. The van der Waals surface area contributed by atoms with Gasteiger partial charge in [-0.25, -0.2) is 0 Å². The molecule has 284 valence electrons. The van der Waals surface area contributed by atoms with Crippen molar-refractivity contribution in [2.45, 2.75) is 65.5 Å². The van der Waals surface area contributed by atoms with Gasteiger partial charge < -0.3 is 18.9 Å². The summed E-state index contributed by atoms with van der Waals surface area (Å²) >= 11 is 0. The first-order valence-corrected chi connectivity index (χ1v) is 19.3. The fourth-order valence-corrected chi connectivity index (χ4v) is 8.03. The van der Waals surface area contributed by atoms with E-state index in [2.05, 4.69) is 74.5 Å². The number of carbonyl (C=O) groups is 2. The average molecular weight is 745 g/mol. The maximum atomic E-state index is 12.9. The summed E-state index contributed by atoms with van der Waals surface area (Å²) in [5.74, 6) is 0.301. The van der Waals surface area contributed by atoms with Crippen molar-refractivity contribution in [1.29, 1.82) is 0 Å². The van der Waals surface area contributed by atoms with Crippen LogP contribution in [0.5, 0.6) is 0 Å². The van der Waals surface area contributed by atoms with E-state index in [0.717, 1.165) is 57.6 Å². The summed E-state index contributed by atoms with van der Waals surface area (Å²) in [7, 11) is 3.54. The van der Waals surface area contributed by atoms with Crippen LogP contribution in [0.25, 0.3) is 22.3 Å². The number of aryl methyl sites for hydroxylation is 6. The molecule has 2 atom stereocenters. The number of aromatic nitrogens is 2. The normalized spacial score (nSPS) is 14.7. The van der Waals surface area contributed by atoms with Crippen LogP contribution < -0.4 is 20.9 Å². The van der Waals surface area contributed by atoms with E-state index in [9.17, 15) is 19.2 Å². The van der Waals surface area contributed by atoms with E-state index in [1.54, 1.807) is 23.2 Å². The van der Waals surface area contributed by atoms with Gasteiger partial charge in [0.15, 0.2) is 0 Å². The van der Waals surface area contributed by atoms with E-state index < -0.39 is 0 Å². The summed E-state index contributed by atoms with van der Waals surface area (Å²) < 4.78 is 3.22. The van der Waals surface area contributed by atoms with Crippen molar-refractivity contribution >= 4 is 23.2 Å². The van der Waals surface area contributed by atoms with Gasteiger partial charge in [0.2, 0.25) is 11.8 Å². The van der Waals surface area contributed by atoms with Gasteiger partial charge in [-0.1, -0.05) is 84.9 Å². The zero-order valence-corrected chi connectivity index (χ0v) is 33.0. The van der Waals surface area contributed by atoms with Crippen LogP contribution in [-0.2, 0) is 36.5 Å². The molecule has 2 unspecified atom stereocenters. The van der Waals surface area contributed by atoms with Gasteiger partial charge in [0.1, 0.15) is 0 Å². The van der Waals surface area contributed by atoms with Crippen LogP contribution in [0.2, 0.25) is 0 Å². The second-order valence-corrected chi connectivity index (χ2v) is 15.0. The van der Waals surface area contributed by atoms with Gasteiger partial charge >= 0.3 is 0 Å². The second-order valence-electron chi connectivity index (χ2n) is 15.0. The van der Waals surface area contributed by atoms with Gasteiger partial charge in [0.05, 0.1) is 12.1 Å². The highest BCUT2D eigenvalue weighted by atomic mass is 16.2. The topological polar surface area (TPSA) is 84.6 Å². The summed E-state index contributed by atoms with van der Waals surface area (Å²) in [4.78, 5) is 53.6. The Morgan fingerprint density at radius 2 is 0.839 bits per heavy atom. The molecule has 8 heteroatoms. The highest BCUT2D eigenvalue weighted by Crippen LogP contribution is 2.39. The van der Waals surface area contributed by atoms with Crippen molar-refractivity contribution in [3.05, 3.63) is 176 Å². The quantitative estimate of drug-likeness (QED) is 0.171. The van der Waals surface area contributed by atoms with Crippen LogP contribution in [0.3, 0.4) is 0 Å². The SMILES string of the molecule is Cc1cc(-c2ccc3c(c2)N(C(C)c2ccccc2)C(=O)CC3)cn(C)c1=O.Cc1cc(-c2ccc3c(c2)N(C(C)c2ccccc2)C(=O)CC3)cn(C)c1=O. The molecule has 0 bridgehead atoms. The van der Waals surface area contributed by atoms with Gasteiger partial charge in [-0.15, -0.1) is 0 Å². The van der Waals surface area contributed by atoms with Crippen molar-refractivity contribution in [2.24, 2.45) is 14.1 Å². The highest BCUT2D eigenvalue weighted by molar-refractivity contribution is 5.99. The second kappa shape index (κ2) is 15.8. The molecule has 2 aromatic heterocycles. The maximum absolute atomic E-state index is 12.9. The molecule has 6 aromatic rings. The molecule has 0 saturated carbocycles. The third kappa shape index (κ3) is 7.52. The van der Waals surface area contributed by atoms with Crippen molar-refractivity contribution in [3.8, 4) is 22.3 Å². The molecule has 0 aliphatic carbocycles. The number of benzene rings is 4. The third-order valence-corrected chi connectivity index (χ3v) is 11.2. The van der Waals surface area contributed by atoms with Gasteiger partial charge in [-0.3, -0.25) is 19.2 Å². The molecule has 0 radical (unpaired) electrons. The van der Waals surface area contributed by atoms with E-state index in [1.807, 2.05) is 84.6 Å². The Bertz CT molecular complexity index is 2320. The van der Waals surface area contributed by atoms with Crippen molar-refractivity contribution in [2.75, 3.05) is 9.80 Å². The minimum atomic E-state index is -0.0372. The molecule has 2 aliphatic rings. The lowest BCUT2D eigenvalue weighted by Gasteiger charge is -2.35. The highest BCUT2D eigenvalue weighted by Gasteiger charge is 2.31. The summed E-state index contributed by atoms with van der Waals surface area (Å²) in [6.07, 6.45) is 6.29. The van der Waals surface area contributed by atoms with Crippen LogP contribution in [-0.4, -0.2) is 20.9 Å². The van der Waals surface area contributed by atoms with E-state index >= 15 is 0 Å². The number of fused-ring (bicyclic) bond motifs is 2. The molecule has 0 N–H and O–H groups in total. The standard InChI is InChI=1S/2C24H24N2O2/c2*1-16-13-21(15-25(3)24(16)28)20-10-9-19-11-12-23(27)26(22(19)14-20)17(2)18-7-5-4-6-8-18/h2*4-10,13-15,17H,11-12H2,1-3H3. The summed E-state index contributed by atoms with van der Waals surface area (Å²) in [5.41, 5.74) is 12.0. The Kier molecular flexibility index (Phi) is 10.7. The van der Waals surface area contributed by atoms with E-state index in [1.165, 1.54) is 11.1 Å². The lowest BCUT2D eigenvalue weighted by atomic mass is 9.94. The summed E-state index contributed by atoms with van der Waals surface area (Å²) in [6.45, 7) is 7.81. The first-order chi connectivity index (χ1) is 26.9. The molecule has 2 aliphatic heterocycles. The minimum Gasteiger partial charge on any atom is -0.318 e. The number of carbonyl (C=O) groups excluding carboxylic acids is 2. The van der Waals surface area contributed by atoms with Gasteiger partial charge in [0.25, 0.3) is 11.1 Å². The number of pyridine rings is 2. The zero-order chi connectivity index (χ0) is 39.7. The number of nitrogens with zero attached hydrogens (tertiary/aromatic N) is 4. The van der Waals surface area contributed by atoms with Crippen LogP contribution in [0.15, 0.2) is 131 Å². The predicted molar refractivity (Wildman–Crippen MR) is 225 cm³/mol. The number of amides is 2. The number of hydrogen-bond donors (Lipinski definition) is 0. The lowest BCUT2D eigenvalue weighted by molar-refractivity contribution is -0.120. The van der Waals surface area contributed by atoms with E-state index in [4.69, 9.17) is 0 Å². The Hall–Kier alpha value is -6.28. The first-order valence-electron chi connectivity index (χ1n) is 19.3. The van der Waals surface area contributed by atoms with Crippen molar-refractivity contribution < 1.29 is 9.59 Å². The Balaban J connectivity index is 0.000000172. The van der Waals surface area contributed by atoms with Crippen LogP contribution >= 0.6 is 0 Å². The van der Waals surface area contributed by atoms with Crippen LogP contribution in [0, 0.1) is 13.8 Å². The fourth-order valence-electron chi connectivity index (χ4n) is 8.03. The Morgan fingerprint density at radius 3 is 1.20 bits per heavy atom. The fraction of sp³-hybridized carbons (Fsp3) is 0.250. The Labute approximate surface area is 328 Å². The van der Waals surface area contributed by atoms with Gasteiger partial charge in [0, 0.05) is 61.8 Å². The first kappa shape index (κ1) is 38.0. The van der Waals surface area contributed by atoms with Crippen LogP contribution in [0.4, 0.5) is 11.4 Å². The van der Waals surface area contributed by atoms with Gasteiger partial charge in [-0.2, -0.15) is 0 Å². The molecule has 8 rings (SSSR count). The van der Waals surface area contributed by atoms with Crippen molar-refractivity contribution in [1.82, 2.24) is 9.13 Å². The number of anilines is 2. The number of rotatable bonds is 6. The summed E-state index contributed by atoms with van der Waals surface area (Å²) in [6, 6.07) is 36.6. The maximum Gasteiger partial charge on any atom is 0.253 e. The van der Waals surface area contributed by atoms with E-state index in [-0.39, 0.29) is 35.0 Å². The minimum absolute atomic E-state index is 0.0104. The molecule has 4 heterocycles. The molecule has 4 aromatic carbocycles.